The molecule has 154 valence electrons. The first-order chi connectivity index (χ1) is 14.0. The number of urea groups is 1. The van der Waals surface area contributed by atoms with Crippen LogP contribution in [0.4, 0.5) is 10.5 Å². The van der Waals surface area contributed by atoms with Gasteiger partial charge in [0.1, 0.15) is 0 Å². The maximum atomic E-state index is 13.2. The van der Waals surface area contributed by atoms with Gasteiger partial charge < -0.3 is 15.0 Å². The molecule has 10 heteroatoms. The Hall–Kier alpha value is -2.98. The smallest absolute Gasteiger partial charge is 0.322 e. The van der Waals surface area contributed by atoms with E-state index in [9.17, 15) is 19.7 Å². The summed E-state index contributed by atoms with van der Waals surface area (Å²) in [5, 5.41) is 13.8. The van der Waals surface area contributed by atoms with Gasteiger partial charge in [-0.2, -0.15) is 0 Å². The predicted molar refractivity (Wildman–Crippen MR) is 103 cm³/mol. The van der Waals surface area contributed by atoms with Crippen LogP contribution in [0.3, 0.4) is 0 Å². The number of morpholine rings is 1. The minimum Gasteiger partial charge on any atom is -0.379 e. The summed E-state index contributed by atoms with van der Waals surface area (Å²) >= 11 is 0. The molecule has 3 heterocycles. The van der Waals surface area contributed by atoms with Gasteiger partial charge in [0.05, 0.1) is 42.0 Å². The highest BCUT2D eigenvalue weighted by molar-refractivity contribution is 6.01. The lowest BCUT2D eigenvalue weighted by Gasteiger charge is -2.31. The van der Waals surface area contributed by atoms with Crippen molar-refractivity contribution in [2.45, 2.75) is 6.04 Å². The molecule has 1 saturated heterocycles. The molecule has 3 amide bonds. The van der Waals surface area contributed by atoms with E-state index in [0.29, 0.717) is 43.1 Å². The number of ether oxygens (including phenoxy) is 1. The molecule has 1 N–H and O–H groups in total. The lowest BCUT2D eigenvalue weighted by atomic mass is 9.95. The monoisotopic (exact) mass is 401 g/mol. The summed E-state index contributed by atoms with van der Waals surface area (Å²) in [5.74, 6) is -0.108. The van der Waals surface area contributed by atoms with Crippen molar-refractivity contribution in [3.63, 3.8) is 0 Å². The first kappa shape index (κ1) is 19.3. The molecule has 3 aliphatic heterocycles. The second-order valence-corrected chi connectivity index (χ2v) is 7.33. The summed E-state index contributed by atoms with van der Waals surface area (Å²) in [5.41, 5.74) is 1.83. The van der Waals surface area contributed by atoms with E-state index >= 15 is 0 Å². The Morgan fingerprint density at radius 2 is 1.86 bits per heavy atom. The number of benzene rings is 1. The van der Waals surface area contributed by atoms with Crippen molar-refractivity contribution in [3.8, 4) is 0 Å². The SMILES string of the molecule is CN1C(=O)NC(c2ccc([N+](=O)[O-])cc2)C2=C1CN(CCN1CCOCC1)C2=O. The van der Waals surface area contributed by atoms with Gasteiger partial charge in [-0.05, 0) is 17.7 Å². The first-order valence-corrected chi connectivity index (χ1v) is 9.56. The van der Waals surface area contributed by atoms with Crippen molar-refractivity contribution in [1.29, 1.82) is 0 Å². The molecule has 1 aromatic rings. The van der Waals surface area contributed by atoms with Gasteiger partial charge in [0.25, 0.3) is 11.6 Å². The van der Waals surface area contributed by atoms with E-state index in [1.807, 2.05) is 0 Å². The van der Waals surface area contributed by atoms with Gasteiger partial charge in [-0.3, -0.25) is 24.7 Å². The molecule has 4 rings (SSSR count). The van der Waals surface area contributed by atoms with Crippen molar-refractivity contribution in [3.05, 3.63) is 51.2 Å². The number of nitrogens with zero attached hydrogens (tertiary/aromatic N) is 4. The van der Waals surface area contributed by atoms with Crippen LogP contribution in [-0.4, -0.2) is 84.5 Å². The molecule has 0 spiro atoms. The second-order valence-electron chi connectivity index (χ2n) is 7.33. The van der Waals surface area contributed by atoms with E-state index in [0.717, 1.165) is 19.6 Å². The quantitative estimate of drug-likeness (QED) is 0.575. The van der Waals surface area contributed by atoms with Crippen molar-refractivity contribution in [2.75, 3.05) is 53.0 Å². The molecule has 1 aromatic carbocycles. The van der Waals surface area contributed by atoms with Crippen LogP contribution in [0.2, 0.25) is 0 Å². The number of hydrogen-bond acceptors (Lipinski definition) is 6. The van der Waals surface area contributed by atoms with E-state index in [1.54, 1.807) is 24.1 Å². The third-order valence-corrected chi connectivity index (χ3v) is 5.66. The Bertz CT molecular complexity index is 862. The molecule has 0 aliphatic carbocycles. The van der Waals surface area contributed by atoms with Crippen LogP contribution >= 0.6 is 0 Å². The summed E-state index contributed by atoms with van der Waals surface area (Å²) in [6, 6.07) is 5.03. The minimum absolute atomic E-state index is 0.0351. The van der Waals surface area contributed by atoms with E-state index in [1.165, 1.54) is 17.0 Å². The summed E-state index contributed by atoms with van der Waals surface area (Å²) in [6.07, 6.45) is 0. The molecule has 0 aromatic heterocycles. The second kappa shape index (κ2) is 7.80. The Morgan fingerprint density at radius 1 is 1.17 bits per heavy atom. The highest BCUT2D eigenvalue weighted by atomic mass is 16.6. The fourth-order valence-electron chi connectivity index (χ4n) is 3.93. The summed E-state index contributed by atoms with van der Waals surface area (Å²) in [7, 11) is 1.65. The number of nitro groups is 1. The van der Waals surface area contributed by atoms with Crippen LogP contribution in [0.25, 0.3) is 0 Å². The van der Waals surface area contributed by atoms with Crippen molar-refractivity contribution >= 4 is 17.6 Å². The fraction of sp³-hybridized carbons (Fsp3) is 0.474. The number of nitro benzene ring substituents is 1. The molecule has 1 unspecified atom stereocenters. The van der Waals surface area contributed by atoms with Gasteiger partial charge in [0.15, 0.2) is 0 Å². The molecule has 3 aliphatic rings. The summed E-state index contributed by atoms with van der Waals surface area (Å²) < 4.78 is 5.36. The Balaban J connectivity index is 1.54. The van der Waals surface area contributed by atoms with Crippen LogP contribution in [0.15, 0.2) is 35.5 Å². The standard InChI is InChI=1S/C19H23N5O5/c1-21-15-12-23(7-6-22-8-10-29-11-9-22)18(25)16(15)17(20-19(21)26)13-2-4-14(5-3-13)24(27)28/h2-5,17H,6-12H2,1H3,(H,20,26). The van der Waals surface area contributed by atoms with Crippen molar-refractivity contribution in [1.82, 2.24) is 20.0 Å². The van der Waals surface area contributed by atoms with Crippen LogP contribution in [0, 0.1) is 10.1 Å². The molecular formula is C19H23N5O5. The number of carbonyl (C=O) groups excluding carboxylic acids is 2. The van der Waals surface area contributed by atoms with E-state index < -0.39 is 11.0 Å². The highest BCUT2D eigenvalue weighted by Gasteiger charge is 2.42. The Labute approximate surface area is 167 Å². The zero-order valence-electron chi connectivity index (χ0n) is 16.2. The number of rotatable bonds is 5. The van der Waals surface area contributed by atoms with Gasteiger partial charge in [-0.1, -0.05) is 0 Å². The largest absolute Gasteiger partial charge is 0.379 e. The average Bonchev–Trinajstić information content (AvgIpc) is 3.07. The first-order valence-electron chi connectivity index (χ1n) is 9.56. The number of nitrogens with one attached hydrogen (secondary N) is 1. The van der Waals surface area contributed by atoms with Gasteiger partial charge in [0.2, 0.25) is 0 Å². The van der Waals surface area contributed by atoms with Crippen LogP contribution in [0.5, 0.6) is 0 Å². The topological polar surface area (TPSA) is 108 Å². The Morgan fingerprint density at radius 3 is 2.52 bits per heavy atom. The number of likely N-dealkylation sites (N-methyl/N-ethyl adjacent to an activating group) is 1. The molecule has 0 saturated carbocycles. The van der Waals surface area contributed by atoms with E-state index in [4.69, 9.17) is 4.74 Å². The van der Waals surface area contributed by atoms with Gasteiger partial charge in [-0.15, -0.1) is 0 Å². The normalized spacial score (nSPS) is 22.7. The van der Waals surface area contributed by atoms with Crippen molar-refractivity contribution < 1.29 is 19.2 Å². The van der Waals surface area contributed by atoms with Gasteiger partial charge in [-0.25, -0.2) is 4.79 Å². The molecular weight excluding hydrogens is 378 g/mol. The molecule has 10 nitrogen and oxygen atoms in total. The molecule has 29 heavy (non-hydrogen) atoms. The fourth-order valence-corrected chi connectivity index (χ4v) is 3.93. The molecule has 0 bridgehead atoms. The predicted octanol–water partition coefficient (Wildman–Crippen LogP) is 0.719. The Kier molecular flexibility index (Phi) is 5.20. The van der Waals surface area contributed by atoms with Gasteiger partial charge in [0, 0.05) is 45.4 Å². The zero-order chi connectivity index (χ0) is 20.5. The molecule has 1 atom stereocenters. The van der Waals surface area contributed by atoms with Crippen molar-refractivity contribution in [2.24, 2.45) is 0 Å². The third kappa shape index (κ3) is 3.68. The molecule has 0 radical (unpaired) electrons. The maximum absolute atomic E-state index is 13.2. The lowest BCUT2D eigenvalue weighted by molar-refractivity contribution is -0.384. The summed E-state index contributed by atoms with van der Waals surface area (Å²) in [6.45, 7) is 4.80. The average molecular weight is 401 g/mol. The maximum Gasteiger partial charge on any atom is 0.322 e. The van der Waals surface area contributed by atoms with Crippen LogP contribution < -0.4 is 5.32 Å². The molecule has 1 fully saturated rings. The van der Waals surface area contributed by atoms with E-state index in [2.05, 4.69) is 10.2 Å². The number of amides is 3. The summed E-state index contributed by atoms with van der Waals surface area (Å²) in [4.78, 5) is 41.5. The number of non-ortho nitro benzene ring substituents is 1. The zero-order valence-corrected chi connectivity index (χ0v) is 16.2. The van der Waals surface area contributed by atoms with Crippen LogP contribution in [-0.2, 0) is 9.53 Å². The number of hydrogen-bond donors (Lipinski definition) is 1. The van der Waals surface area contributed by atoms with Gasteiger partial charge >= 0.3 is 6.03 Å². The van der Waals surface area contributed by atoms with Crippen LogP contribution in [0.1, 0.15) is 11.6 Å². The highest BCUT2D eigenvalue weighted by Crippen LogP contribution is 2.36. The number of carbonyl (C=O) groups is 2. The van der Waals surface area contributed by atoms with E-state index in [-0.39, 0.29) is 17.6 Å². The third-order valence-electron chi connectivity index (χ3n) is 5.66. The lowest BCUT2D eigenvalue weighted by Crippen LogP contribution is -2.45. The minimum atomic E-state index is -0.615.